The number of aromatic nitrogens is 3. The number of hydrogen-bond acceptors (Lipinski definition) is 4. The molecule has 0 bridgehead atoms. The predicted molar refractivity (Wildman–Crippen MR) is 89.8 cm³/mol. The number of nitrogens with zero attached hydrogens (tertiary/aromatic N) is 3. The van der Waals surface area contributed by atoms with Gasteiger partial charge in [0.15, 0.2) is 0 Å². The monoisotopic (exact) mass is 300 g/mol. The maximum atomic E-state index is 10.3. The molecule has 2 aromatic rings. The van der Waals surface area contributed by atoms with Crippen molar-refractivity contribution in [2.75, 3.05) is 5.84 Å². The van der Waals surface area contributed by atoms with Crippen LogP contribution in [0.4, 0.5) is 0 Å². The second kappa shape index (κ2) is 7.22. The lowest BCUT2D eigenvalue weighted by molar-refractivity contribution is 0.223. The quantitative estimate of drug-likeness (QED) is 0.635. The fourth-order valence-corrected chi connectivity index (χ4v) is 2.51. The van der Waals surface area contributed by atoms with Gasteiger partial charge in [0, 0.05) is 6.42 Å². The number of rotatable bonds is 6. The van der Waals surface area contributed by atoms with E-state index in [9.17, 15) is 5.11 Å². The summed E-state index contributed by atoms with van der Waals surface area (Å²) < 4.78 is 0. The van der Waals surface area contributed by atoms with Gasteiger partial charge in [0.1, 0.15) is 11.0 Å². The SMILES string of the molecule is CC(C)=CCC/C(C)=C/C(O)Cc1cccc2nnn(N)c12. The number of benzene rings is 1. The molecule has 2 rings (SSSR count). The van der Waals surface area contributed by atoms with Crippen LogP contribution >= 0.6 is 0 Å². The molecule has 5 nitrogen and oxygen atoms in total. The third-order valence-corrected chi connectivity index (χ3v) is 3.57. The molecule has 0 saturated heterocycles. The molecule has 0 amide bonds. The van der Waals surface area contributed by atoms with Crippen LogP contribution < -0.4 is 5.84 Å². The molecule has 0 aliphatic rings. The van der Waals surface area contributed by atoms with Crippen LogP contribution in [0.1, 0.15) is 39.2 Å². The first-order valence-electron chi connectivity index (χ1n) is 7.54. The van der Waals surface area contributed by atoms with Crippen LogP contribution in [0.3, 0.4) is 0 Å². The zero-order valence-corrected chi connectivity index (χ0v) is 13.5. The average molecular weight is 300 g/mol. The van der Waals surface area contributed by atoms with Gasteiger partial charge in [-0.05, 0) is 50.5 Å². The van der Waals surface area contributed by atoms with E-state index in [2.05, 4.69) is 37.2 Å². The Morgan fingerprint density at radius 3 is 2.86 bits per heavy atom. The maximum Gasteiger partial charge on any atom is 0.115 e. The van der Waals surface area contributed by atoms with E-state index in [-0.39, 0.29) is 0 Å². The van der Waals surface area contributed by atoms with Crippen molar-refractivity contribution in [2.24, 2.45) is 0 Å². The molecular formula is C17H24N4O. The molecule has 0 aliphatic heterocycles. The first kappa shape index (κ1) is 16.2. The van der Waals surface area contributed by atoms with Crippen LogP contribution in [0.15, 0.2) is 41.5 Å². The second-order valence-corrected chi connectivity index (χ2v) is 5.92. The Kier molecular flexibility index (Phi) is 5.33. The molecule has 3 N–H and O–H groups in total. The van der Waals surface area contributed by atoms with E-state index in [4.69, 9.17) is 5.84 Å². The topological polar surface area (TPSA) is 77.0 Å². The highest BCUT2D eigenvalue weighted by Gasteiger charge is 2.11. The number of nitrogens with two attached hydrogens (primary N) is 1. The number of aliphatic hydroxyl groups excluding tert-OH is 1. The lowest BCUT2D eigenvalue weighted by atomic mass is 10.0. The fourth-order valence-electron chi connectivity index (χ4n) is 2.51. The molecule has 0 radical (unpaired) electrons. The van der Waals surface area contributed by atoms with Gasteiger partial charge in [-0.3, -0.25) is 0 Å². The summed E-state index contributed by atoms with van der Waals surface area (Å²) in [6.07, 6.45) is 6.06. The zero-order valence-electron chi connectivity index (χ0n) is 13.5. The first-order chi connectivity index (χ1) is 10.5. The molecule has 0 saturated carbocycles. The number of hydrogen-bond donors (Lipinski definition) is 2. The van der Waals surface area contributed by atoms with Gasteiger partial charge in [-0.2, -0.15) is 4.79 Å². The number of nitrogen functional groups attached to an aromatic ring is 1. The molecule has 1 aromatic heterocycles. The van der Waals surface area contributed by atoms with Gasteiger partial charge < -0.3 is 10.9 Å². The predicted octanol–water partition coefficient (Wildman–Crippen LogP) is 2.74. The second-order valence-electron chi connectivity index (χ2n) is 5.92. The lowest BCUT2D eigenvalue weighted by Crippen LogP contribution is -2.13. The smallest absolute Gasteiger partial charge is 0.115 e. The maximum absolute atomic E-state index is 10.3. The Morgan fingerprint density at radius 1 is 1.36 bits per heavy atom. The van der Waals surface area contributed by atoms with Gasteiger partial charge in [0.2, 0.25) is 0 Å². The molecule has 5 heteroatoms. The molecule has 118 valence electrons. The minimum atomic E-state index is -0.535. The lowest BCUT2D eigenvalue weighted by Gasteiger charge is -2.09. The average Bonchev–Trinajstić information content (AvgIpc) is 2.81. The summed E-state index contributed by atoms with van der Waals surface area (Å²) in [4.78, 5) is 1.27. The summed E-state index contributed by atoms with van der Waals surface area (Å²) >= 11 is 0. The van der Waals surface area contributed by atoms with E-state index in [0.717, 1.165) is 29.4 Å². The summed E-state index contributed by atoms with van der Waals surface area (Å²) in [6, 6.07) is 5.72. The number of allylic oxidation sites excluding steroid dienone is 3. The van der Waals surface area contributed by atoms with E-state index < -0.39 is 6.10 Å². The van der Waals surface area contributed by atoms with Crippen molar-refractivity contribution in [3.63, 3.8) is 0 Å². The third kappa shape index (κ3) is 4.18. The zero-order chi connectivity index (χ0) is 16.1. The highest BCUT2D eigenvalue weighted by atomic mass is 16.3. The normalized spacial score (nSPS) is 13.4. The summed E-state index contributed by atoms with van der Waals surface area (Å²) in [5, 5.41) is 18.1. The van der Waals surface area contributed by atoms with E-state index in [0.29, 0.717) is 6.42 Å². The fraction of sp³-hybridized carbons (Fsp3) is 0.412. The van der Waals surface area contributed by atoms with Gasteiger partial charge >= 0.3 is 0 Å². The van der Waals surface area contributed by atoms with Crippen molar-refractivity contribution >= 4 is 11.0 Å². The molecule has 0 aliphatic carbocycles. The van der Waals surface area contributed by atoms with Crippen LogP contribution in [0.5, 0.6) is 0 Å². The molecule has 0 fully saturated rings. The van der Waals surface area contributed by atoms with Crippen LogP contribution in [-0.2, 0) is 6.42 Å². The first-order valence-corrected chi connectivity index (χ1v) is 7.54. The standard InChI is InChI=1S/C17H24N4O/c1-12(2)6-4-7-13(3)10-15(22)11-14-8-5-9-16-17(14)21(18)20-19-16/h5-6,8-10,15,22H,4,7,11,18H2,1-3H3/b13-10+. The Morgan fingerprint density at radius 2 is 2.14 bits per heavy atom. The van der Waals surface area contributed by atoms with Crippen LogP contribution in [0, 0.1) is 0 Å². The van der Waals surface area contributed by atoms with Crippen molar-refractivity contribution in [2.45, 2.75) is 46.1 Å². The van der Waals surface area contributed by atoms with E-state index in [1.54, 1.807) is 0 Å². The van der Waals surface area contributed by atoms with Crippen molar-refractivity contribution in [3.05, 3.63) is 47.1 Å². The largest absolute Gasteiger partial charge is 0.389 e. The highest BCUT2D eigenvalue weighted by molar-refractivity contribution is 5.78. The van der Waals surface area contributed by atoms with Gasteiger partial charge in [-0.15, -0.1) is 5.10 Å². The summed E-state index contributed by atoms with van der Waals surface area (Å²) in [6.45, 7) is 6.24. The van der Waals surface area contributed by atoms with Gasteiger partial charge in [-0.25, -0.2) is 0 Å². The van der Waals surface area contributed by atoms with Crippen molar-refractivity contribution in [3.8, 4) is 0 Å². The molecule has 22 heavy (non-hydrogen) atoms. The van der Waals surface area contributed by atoms with Gasteiger partial charge in [0.25, 0.3) is 0 Å². The Labute approximate surface area is 131 Å². The summed E-state index contributed by atoms with van der Waals surface area (Å²) in [5.74, 6) is 5.79. The van der Waals surface area contributed by atoms with Crippen molar-refractivity contribution < 1.29 is 5.11 Å². The van der Waals surface area contributed by atoms with Crippen LogP contribution in [-0.4, -0.2) is 26.3 Å². The van der Waals surface area contributed by atoms with Crippen LogP contribution in [0.25, 0.3) is 11.0 Å². The molecule has 1 unspecified atom stereocenters. The number of fused-ring (bicyclic) bond motifs is 1. The number of aliphatic hydroxyl groups is 1. The van der Waals surface area contributed by atoms with Crippen LogP contribution in [0.2, 0.25) is 0 Å². The van der Waals surface area contributed by atoms with Crippen molar-refractivity contribution in [1.82, 2.24) is 15.1 Å². The minimum Gasteiger partial charge on any atom is -0.389 e. The summed E-state index contributed by atoms with van der Waals surface area (Å²) in [5.41, 5.74) is 4.99. The Bertz CT molecular complexity index is 696. The highest BCUT2D eigenvalue weighted by Crippen LogP contribution is 2.18. The van der Waals surface area contributed by atoms with Gasteiger partial charge in [-0.1, -0.05) is 35.4 Å². The van der Waals surface area contributed by atoms with E-state index >= 15 is 0 Å². The molecule has 1 atom stereocenters. The van der Waals surface area contributed by atoms with Crippen molar-refractivity contribution in [1.29, 1.82) is 0 Å². The minimum absolute atomic E-state index is 0.502. The van der Waals surface area contributed by atoms with E-state index in [1.165, 1.54) is 15.9 Å². The molecule has 0 spiro atoms. The Hall–Kier alpha value is -2.14. The van der Waals surface area contributed by atoms with Gasteiger partial charge in [0.05, 0.1) is 6.10 Å². The number of para-hydroxylation sites is 1. The third-order valence-electron chi connectivity index (χ3n) is 3.57. The molecule has 1 aromatic carbocycles. The Balaban J connectivity index is 2.06. The molecular weight excluding hydrogens is 276 g/mol. The van der Waals surface area contributed by atoms with E-state index in [1.807, 2.05) is 24.3 Å². The molecule has 1 heterocycles. The summed E-state index contributed by atoms with van der Waals surface area (Å²) in [7, 11) is 0.